The minimum absolute atomic E-state index is 0.00620. The molecule has 5 unspecified atom stereocenters. The van der Waals surface area contributed by atoms with Gasteiger partial charge in [0.25, 0.3) is 0 Å². The lowest BCUT2D eigenvalue weighted by molar-refractivity contribution is -0.145. The van der Waals surface area contributed by atoms with E-state index in [9.17, 15) is 4.79 Å². The number of allylic oxidation sites excluding steroid dienone is 1. The zero-order valence-electron chi connectivity index (χ0n) is 18.8. The third kappa shape index (κ3) is 3.57. The molecule has 0 amide bonds. The average molecular weight is 409 g/mol. The lowest BCUT2D eigenvalue weighted by Crippen LogP contribution is -2.49. The summed E-state index contributed by atoms with van der Waals surface area (Å²) in [6.45, 7) is 11.8. The molecule has 4 aliphatic rings. The highest BCUT2D eigenvalue weighted by Crippen LogP contribution is 2.54. The summed E-state index contributed by atoms with van der Waals surface area (Å²) < 4.78 is 5.95. The molecule has 0 radical (unpaired) electrons. The second kappa shape index (κ2) is 7.71. The van der Waals surface area contributed by atoms with Gasteiger partial charge in [-0.3, -0.25) is 9.69 Å². The normalized spacial score (nSPS) is 36.7. The number of hydrogen-bond donors (Lipinski definition) is 0. The number of aryl methyl sites for hydroxylation is 1. The standard InChI is InChI=1S/C26H36N2O2/c1-18-6-4-8-20(14-18)28-12-10-27(11-13-28)17-22-21-15-23-19(2)7-5-9-26(23,3)16-24(21)30-25(22)29/h4,6,8,14-15,19,21-22,24H,5,7,9-13,16-17H2,1-3H3. The fourth-order valence-corrected chi connectivity index (χ4v) is 6.55. The number of fused-ring (bicyclic) bond motifs is 2. The van der Waals surface area contributed by atoms with Crippen molar-refractivity contribution in [2.24, 2.45) is 23.2 Å². The van der Waals surface area contributed by atoms with Crippen molar-refractivity contribution in [2.75, 3.05) is 37.6 Å². The van der Waals surface area contributed by atoms with Crippen LogP contribution in [0.3, 0.4) is 0 Å². The molecule has 2 saturated heterocycles. The number of hydrogen-bond acceptors (Lipinski definition) is 4. The summed E-state index contributed by atoms with van der Waals surface area (Å²) in [6.07, 6.45) is 7.44. The second-order valence-electron chi connectivity index (χ2n) is 10.5. The third-order valence-electron chi connectivity index (χ3n) is 8.28. The van der Waals surface area contributed by atoms with Gasteiger partial charge in [-0.2, -0.15) is 0 Å². The summed E-state index contributed by atoms with van der Waals surface area (Å²) in [5.74, 6) is 0.972. The van der Waals surface area contributed by atoms with Crippen molar-refractivity contribution in [3.63, 3.8) is 0 Å². The number of rotatable bonds is 3. The van der Waals surface area contributed by atoms with Gasteiger partial charge in [-0.1, -0.05) is 44.1 Å². The Morgan fingerprint density at radius 2 is 2.00 bits per heavy atom. The van der Waals surface area contributed by atoms with Crippen molar-refractivity contribution in [2.45, 2.75) is 52.6 Å². The number of carbonyl (C=O) groups excluding carboxylic acids is 1. The van der Waals surface area contributed by atoms with Crippen LogP contribution in [0.5, 0.6) is 0 Å². The molecule has 4 heteroatoms. The first kappa shape index (κ1) is 20.1. The summed E-state index contributed by atoms with van der Waals surface area (Å²) >= 11 is 0. The van der Waals surface area contributed by atoms with E-state index in [4.69, 9.17) is 4.74 Å². The number of nitrogens with zero attached hydrogens (tertiary/aromatic N) is 2. The highest BCUT2D eigenvalue weighted by molar-refractivity contribution is 5.76. The van der Waals surface area contributed by atoms with Crippen molar-refractivity contribution >= 4 is 11.7 Å². The molecule has 1 aromatic rings. The molecule has 2 heterocycles. The molecule has 3 fully saturated rings. The molecule has 2 aliphatic carbocycles. The summed E-state index contributed by atoms with van der Waals surface area (Å²) in [7, 11) is 0. The average Bonchev–Trinajstić information content (AvgIpc) is 3.01. The topological polar surface area (TPSA) is 32.8 Å². The van der Waals surface area contributed by atoms with Crippen molar-refractivity contribution in [1.82, 2.24) is 4.90 Å². The molecule has 0 spiro atoms. The van der Waals surface area contributed by atoms with Gasteiger partial charge in [0.1, 0.15) is 6.10 Å². The van der Waals surface area contributed by atoms with Gasteiger partial charge >= 0.3 is 5.97 Å². The molecule has 1 saturated carbocycles. The first-order valence-electron chi connectivity index (χ1n) is 11.9. The highest BCUT2D eigenvalue weighted by atomic mass is 16.6. The largest absolute Gasteiger partial charge is 0.461 e. The first-order chi connectivity index (χ1) is 14.4. The van der Waals surface area contributed by atoms with Gasteiger partial charge in [0, 0.05) is 44.3 Å². The van der Waals surface area contributed by atoms with Crippen molar-refractivity contribution in [1.29, 1.82) is 0 Å². The van der Waals surface area contributed by atoms with Crippen molar-refractivity contribution in [3.8, 4) is 0 Å². The number of piperazine rings is 1. The highest BCUT2D eigenvalue weighted by Gasteiger charge is 2.52. The zero-order valence-corrected chi connectivity index (χ0v) is 18.8. The Kier molecular flexibility index (Phi) is 5.17. The Morgan fingerprint density at radius 3 is 2.77 bits per heavy atom. The molecule has 5 atom stereocenters. The fourth-order valence-electron chi connectivity index (χ4n) is 6.55. The monoisotopic (exact) mass is 408 g/mol. The van der Waals surface area contributed by atoms with Crippen molar-refractivity contribution < 1.29 is 9.53 Å². The van der Waals surface area contributed by atoms with Gasteiger partial charge in [0.15, 0.2) is 0 Å². The van der Waals surface area contributed by atoms with Gasteiger partial charge in [-0.25, -0.2) is 0 Å². The Morgan fingerprint density at radius 1 is 1.20 bits per heavy atom. The van der Waals surface area contributed by atoms with Crippen LogP contribution in [0, 0.1) is 30.1 Å². The predicted octanol–water partition coefficient (Wildman–Crippen LogP) is 4.43. The molecule has 1 aromatic carbocycles. The van der Waals surface area contributed by atoms with Crippen LogP contribution in [0.4, 0.5) is 5.69 Å². The van der Waals surface area contributed by atoms with E-state index < -0.39 is 0 Å². The minimum atomic E-state index is 0.00620. The number of carbonyl (C=O) groups is 1. The predicted molar refractivity (Wildman–Crippen MR) is 121 cm³/mol. The van der Waals surface area contributed by atoms with Crippen LogP contribution in [-0.4, -0.2) is 49.7 Å². The van der Waals surface area contributed by atoms with Crippen LogP contribution >= 0.6 is 0 Å². The molecule has 162 valence electrons. The van der Waals surface area contributed by atoms with E-state index >= 15 is 0 Å². The molecule has 0 aromatic heterocycles. The summed E-state index contributed by atoms with van der Waals surface area (Å²) in [6, 6.07) is 8.77. The van der Waals surface area contributed by atoms with Crippen molar-refractivity contribution in [3.05, 3.63) is 41.5 Å². The van der Waals surface area contributed by atoms with E-state index in [0.717, 1.165) is 39.1 Å². The Hall–Kier alpha value is -1.81. The van der Waals surface area contributed by atoms with Crippen LogP contribution in [0.25, 0.3) is 0 Å². The minimum Gasteiger partial charge on any atom is -0.461 e. The summed E-state index contributed by atoms with van der Waals surface area (Å²) in [5.41, 5.74) is 4.48. The van der Waals surface area contributed by atoms with Crippen LogP contribution in [0.15, 0.2) is 35.9 Å². The van der Waals surface area contributed by atoms with Gasteiger partial charge < -0.3 is 9.64 Å². The SMILES string of the molecule is Cc1cccc(N2CCN(CC3C(=O)OC4CC5(C)CCCC(C)C5=CC43)CC2)c1. The van der Waals surface area contributed by atoms with E-state index in [0.29, 0.717) is 5.92 Å². The van der Waals surface area contributed by atoms with Crippen LogP contribution < -0.4 is 4.90 Å². The van der Waals surface area contributed by atoms with E-state index in [-0.39, 0.29) is 29.3 Å². The first-order valence-corrected chi connectivity index (χ1v) is 11.9. The zero-order chi connectivity index (χ0) is 20.9. The maximum Gasteiger partial charge on any atom is 0.311 e. The Balaban J connectivity index is 1.26. The Labute approximate surface area is 181 Å². The maximum atomic E-state index is 12.8. The lowest BCUT2D eigenvalue weighted by Gasteiger charge is -2.46. The van der Waals surface area contributed by atoms with Crippen LogP contribution in [-0.2, 0) is 9.53 Å². The number of anilines is 1. The summed E-state index contributed by atoms with van der Waals surface area (Å²) in [4.78, 5) is 17.8. The van der Waals surface area contributed by atoms with E-state index in [1.54, 1.807) is 5.57 Å². The number of benzene rings is 1. The van der Waals surface area contributed by atoms with Crippen LogP contribution in [0.1, 0.15) is 45.1 Å². The number of esters is 1. The van der Waals surface area contributed by atoms with Gasteiger partial charge in [0.2, 0.25) is 0 Å². The van der Waals surface area contributed by atoms with E-state index in [2.05, 4.69) is 60.9 Å². The maximum absolute atomic E-state index is 12.8. The Bertz CT molecular complexity index is 841. The molecule has 2 aliphatic heterocycles. The fraction of sp³-hybridized carbons (Fsp3) is 0.654. The molecular weight excluding hydrogens is 372 g/mol. The lowest BCUT2D eigenvalue weighted by atomic mass is 9.59. The van der Waals surface area contributed by atoms with Gasteiger partial charge in [-0.05, 0) is 55.2 Å². The molecule has 30 heavy (non-hydrogen) atoms. The van der Waals surface area contributed by atoms with E-state index in [1.165, 1.54) is 30.5 Å². The van der Waals surface area contributed by atoms with Crippen LogP contribution in [0.2, 0.25) is 0 Å². The van der Waals surface area contributed by atoms with Gasteiger partial charge in [-0.15, -0.1) is 0 Å². The molecular formula is C26H36N2O2. The second-order valence-corrected chi connectivity index (χ2v) is 10.5. The quantitative estimate of drug-likeness (QED) is 0.547. The molecule has 4 nitrogen and oxygen atoms in total. The van der Waals surface area contributed by atoms with E-state index in [1.807, 2.05) is 0 Å². The molecule has 0 N–H and O–H groups in total. The molecule has 0 bridgehead atoms. The summed E-state index contributed by atoms with van der Waals surface area (Å²) in [5, 5.41) is 0. The number of ether oxygens (including phenoxy) is 1. The molecule has 5 rings (SSSR count). The smallest absolute Gasteiger partial charge is 0.311 e. The van der Waals surface area contributed by atoms with Gasteiger partial charge in [0.05, 0.1) is 5.92 Å². The third-order valence-corrected chi connectivity index (χ3v) is 8.28.